The lowest BCUT2D eigenvalue weighted by molar-refractivity contribution is 0.174. The van der Waals surface area contributed by atoms with Crippen molar-refractivity contribution in [1.29, 1.82) is 5.26 Å². The normalized spacial score (nSPS) is 15.4. The van der Waals surface area contributed by atoms with Crippen LogP contribution in [0.1, 0.15) is 11.1 Å². The third-order valence-corrected chi connectivity index (χ3v) is 5.05. The van der Waals surface area contributed by atoms with Gasteiger partial charge in [-0.3, -0.25) is 0 Å². The Morgan fingerprint density at radius 2 is 1.96 bits per heavy atom. The molecule has 1 aromatic heterocycles. The van der Waals surface area contributed by atoms with E-state index >= 15 is 0 Å². The minimum atomic E-state index is 0.281. The second kappa shape index (κ2) is 7.68. The number of rotatable bonds is 3. The summed E-state index contributed by atoms with van der Waals surface area (Å²) < 4.78 is 10.7. The van der Waals surface area contributed by atoms with Gasteiger partial charge in [-0.15, -0.1) is 0 Å². The number of piperazine rings is 1. The number of thiocarbonyl (C=S) groups is 1. The summed E-state index contributed by atoms with van der Waals surface area (Å²) in [5.74, 6) is 2.46. The fraction of sp³-hybridized carbons (Fsp3) is 0.316. The van der Waals surface area contributed by atoms with Crippen molar-refractivity contribution >= 4 is 23.1 Å². The molecule has 138 valence electrons. The maximum Gasteiger partial charge on any atom is 0.231 e. The Labute approximate surface area is 163 Å². The number of hydrogen-bond donors (Lipinski definition) is 1. The van der Waals surface area contributed by atoms with Crippen molar-refractivity contribution < 1.29 is 9.47 Å². The van der Waals surface area contributed by atoms with Crippen molar-refractivity contribution in [3.63, 3.8) is 0 Å². The number of anilines is 1. The monoisotopic (exact) mass is 381 g/mol. The van der Waals surface area contributed by atoms with Gasteiger partial charge in [0.2, 0.25) is 6.79 Å². The van der Waals surface area contributed by atoms with Crippen LogP contribution in [0.3, 0.4) is 0 Å². The average Bonchev–Trinajstić information content (AvgIpc) is 3.20. The lowest BCUT2D eigenvalue weighted by Crippen LogP contribution is -2.51. The van der Waals surface area contributed by atoms with Crippen molar-refractivity contribution in [2.24, 2.45) is 0 Å². The molecule has 3 heterocycles. The fourth-order valence-corrected chi connectivity index (χ4v) is 3.37. The molecule has 8 heteroatoms. The van der Waals surface area contributed by atoms with Crippen molar-refractivity contribution in [2.45, 2.75) is 6.54 Å². The molecule has 1 saturated heterocycles. The summed E-state index contributed by atoms with van der Waals surface area (Å²) >= 11 is 5.55. The molecule has 27 heavy (non-hydrogen) atoms. The first-order chi connectivity index (χ1) is 13.2. The molecule has 2 aliphatic heterocycles. The molecule has 1 fully saturated rings. The Morgan fingerprint density at radius 1 is 1.15 bits per heavy atom. The molecule has 1 N–H and O–H groups in total. The van der Waals surface area contributed by atoms with E-state index in [0.29, 0.717) is 12.1 Å². The van der Waals surface area contributed by atoms with E-state index in [4.69, 9.17) is 27.0 Å². The number of benzene rings is 1. The van der Waals surface area contributed by atoms with E-state index < -0.39 is 0 Å². The highest BCUT2D eigenvalue weighted by atomic mass is 32.1. The zero-order chi connectivity index (χ0) is 18.6. The number of pyridine rings is 1. The third kappa shape index (κ3) is 3.88. The Hall–Kier alpha value is -3.05. The van der Waals surface area contributed by atoms with Crippen molar-refractivity contribution in [2.75, 3.05) is 37.9 Å². The molecule has 7 nitrogen and oxygen atoms in total. The first-order valence-electron chi connectivity index (χ1n) is 8.75. The summed E-state index contributed by atoms with van der Waals surface area (Å²) in [5.41, 5.74) is 1.67. The van der Waals surface area contributed by atoms with Gasteiger partial charge in [0.25, 0.3) is 0 Å². The minimum absolute atomic E-state index is 0.281. The Bertz CT molecular complexity index is 873. The van der Waals surface area contributed by atoms with E-state index in [1.807, 2.05) is 24.3 Å². The largest absolute Gasteiger partial charge is 0.454 e. The maximum atomic E-state index is 8.87. The minimum Gasteiger partial charge on any atom is -0.454 e. The molecule has 1 aromatic carbocycles. The van der Waals surface area contributed by atoms with Crippen LogP contribution in [-0.2, 0) is 6.54 Å². The van der Waals surface area contributed by atoms with Crippen LogP contribution in [0.25, 0.3) is 0 Å². The SMILES string of the molecule is N#Cc1ccc(N2CCN(C(=S)NCc3ccc4c(c3)OCO4)CC2)nc1. The number of hydrogen-bond acceptors (Lipinski definition) is 6. The number of nitrogens with zero attached hydrogens (tertiary/aromatic N) is 4. The van der Waals surface area contributed by atoms with Crippen LogP contribution in [-0.4, -0.2) is 48.0 Å². The Balaban J connectivity index is 1.27. The molecule has 0 spiro atoms. The van der Waals surface area contributed by atoms with Gasteiger partial charge in [-0.25, -0.2) is 4.98 Å². The van der Waals surface area contributed by atoms with Gasteiger partial charge < -0.3 is 24.6 Å². The van der Waals surface area contributed by atoms with Crippen molar-refractivity contribution in [3.8, 4) is 17.6 Å². The van der Waals surface area contributed by atoms with E-state index in [1.54, 1.807) is 12.3 Å². The van der Waals surface area contributed by atoms with E-state index in [9.17, 15) is 0 Å². The molecule has 2 aliphatic rings. The fourth-order valence-electron chi connectivity index (χ4n) is 3.12. The number of nitriles is 1. The van der Waals surface area contributed by atoms with Gasteiger partial charge in [0.1, 0.15) is 11.9 Å². The quantitative estimate of drug-likeness (QED) is 0.808. The summed E-state index contributed by atoms with van der Waals surface area (Å²) in [6.45, 7) is 4.26. The molecule has 2 aromatic rings. The first-order valence-corrected chi connectivity index (χ1v) is 9.16. The van der Waals surface area contributed by atoms with E-state index in [1.165, 1.54) is 0 Å². The van der Waals surface area contributed by atoms with Gasteiger partial charge in [-0.2, -0.15) is 5.26 Å². The van der Waals surface area contributed by atoms with Gasteiger partial charge in [0.15, 0.2) is 16.6 Å². The van der Waals surface area contributed by atoms with Gasteiger partial charge in [0, 0.05) is 38.9 Å². The van der Waals surface area contributed by atoms with Crippen LogP contribution in [0.5, 0.6) is 11.5 Å². The highest BCUT2D eigenvalue weighted by Crippen LogP contribution is 2.32. The molecule has 0 saturated carbocycles. The molecule has 0 unspecified atom stereocenters. The lowest BCUT2D eigenvalue weighted by atomic mass is 10.2. The second-order valence-corrected chi connectivity index (χ2v) is 6.72. The van der Waals surface area contributed by atoms with Crippen LogP contribution in [0.2, 0.25) is 0 Å². The van der Waals surface area contributed by atoms with Gasteiger partial charge >= 0.3 is 0 Å². The van der Waals surface area contributed by atoms with E-state index in [0.717, 1.165) is 54.2 Å². The maximum absolute atomic E-state index is 8.87. The summed E-state index contributed by atoms with van der Waals surface area (Å²) in [6.07, 6.45) is 1.61. The Kier molecular flexibility index (Phi) is 4.94. The van der Waals surface area contributed by atoms with E-state index in [2.05, 4.69) is 26.2 Å². The number of ether oxygens (including phenoxy) is 2. The predicted molar refractivity (Wildman–Crippen MR) is 105 cm³/mol. The van der Waals surface area contributed by atoms with Crippen molar-refractivity contribution in [3.05, 3.63) is 47.7 Å². The molecule has 0 amide bonds. The van der Waals surface area contributed by atoms with Crippen LogP contribution in [0, 0.1) is 11.3 Å². The van der Waals surface area contributed by atoms with Crippen LogP contribution in [0.4, 0.5) is 5.82 Å². The van der Waals surface area contributed by atoms with Gasteiger partial charge in [-0.05, 0) is 42.0 Å². The predicted octanol–water partition coefficient (Wildman–Crippen LogP) is 1.88. The van der Waals surface area contributed by atoms with Crippen LogP contribution in [0.15, 0.2) is 36.5 Å². The summed E-state index contributed by atoms with van der Waals surface area (Å²) in [6, 6.07) is 11.7. The standard InChI is InChI=1S/C19H19N5O2S/c20-10-15-2-4-18(21-12-15)23-5-7-24(8-6-23)19(27)22-11-14-1-3-16-17(9-14)26-13-25-16/h1-4,9,12H,5-8,11,13H2,(H,22,27). The van der Waals surface area contributed by atoms with Crippen molar-refractivity contribution in [1.82, 2.24) is 15.2 Å². The van der Waals surface area contributed by atoms with Crippen LogP contribution >= 0.6 is 12.2 Å². The summed E-state index contributed by atoms with van der Waals surface area (Å²) in [7, 11) is 0. The number of fused-ring (bicyclic) bond motifs is 1. The molecular weight excluding hydrogens is 362 g/mol. The summed E-state index contributed by atoms with van der Waals surface area (Å²) in [4.78, 5) is 8.74. The molecule has 0 aliphatic carbocycles. The summed E-state index contributed by atoms with van der Waals surface area (Å²) in [5, 5.41) is 12.9. The Morgan fingerprint density at radius 3 is 2.70 bits per heavy atom. The molecule has 0 atom stereocenters. The number of nitrogens with one attached hydrogen (secondary N) is 1. The molecule has 0 bridgehead atoms. The highest BCUT2D eigenvalue weighted by molar-refractivity contribution is 7.80. The van der Waals surface area contributed by atoms with Gasteiger partial charge in [0.05, 0.1) is 5.56 Å². The molecule has 4 rings (SSSR count). The van der Waals surface area contributed by atoms with Gasteiger partial charge in [-0.1, -0.05) is 6.07 Å². The smallest absolute Gasteiger partial charge is 0.231 e. The first kappa shape index (κ1) is 17.4. The zero-order valence-electron chi connectivity index (χ0n) is 14.7. The second-order valence-electron chi connectivity index (χ2n) is 6.34. The average molecular weight is 381 g/mol. The lowest BCUT2D eigenvalue weighted by Gasteiger charge is -2.36. The topological polar surface area (TPSA) is 73.7 Å². The van der Waals surface area contributed by atoms with Crippen LogP contribution < -0.4 is 19.7 Å². The molecular formula is C19H19N5O2S. The highest BCUT2D eigenvalue weighted by Gasteiger charge is 2.20. The third-order valence-electron chi connectivity index (χ3n) is 4.65. The zero-order valence-corrected chi connectivity index (χ0v) is 15.5. The number of aromatic nitrogens is 1. The van der Waals surface area contributed by atoms with E-state index in [-0.39, 0.29) is 6.79 Å². The molecule has 0 radical (unpaired) electrons.